The van der Waals surface area contributed by atoms with Crippen LogP contribution in [-0.4, -0.2) is 38.1 Å². The molecule has 0 radical (unpaired) electrons. The Kier molecular flexibility index (Phi) is 3.85. The fourth-order valence-electron chi connectivity index (χ4n) is 1.90. The third-order valence-corrected chi connectivity index (χ3v) is 3.99. The summed E-state index contributed by atoms with van der Waals surface area (Å²) in [6.07, 6.45) is 3.96. The summed E-state index contributed by atoms with van der Waals surface area (Å²) in [7, 11) is 0. The van der Waals surface area contributed by atoms with Crippen LogP contribution in [-0.2, 0) is 0 Å². The molecule has 0 aromatic heterocycles. The minimum absolute atomic E-state index is 0.803. The Balaban J connectivity index is 2.12. The molecule has 1 aromatic rings. The van der Waals surface area contributed by atoms with Gasteiger partial charge >= 0.3 is 104 Å². The van der Waals surface area contributed by atoms with Gasteiger partial charge in [-0.15, -0.1) is 0 Å². The first-order valence-corrected chi connectivity index (χ1v) is 6.56. The summed E-state index contributed by atoms with van der Waals surface area (Å²) >= 11 is 9.16. The third-order valence-electron chi connectivity index (χ3n) is 2.71. The number of piperidine rings is 1. The molecule has 0 aliphatic carbocycles. The van der Waals surface area contributed by atoms with Gasteiger partial charge in [-0.05, 0) is 0 Å². The van der Waals surface area contributed by atoms with Gasteiger partial charge in [0.05, 0.1) is 0 Å². The quantitative estimate of drug-likeness (QED) is 0.755. The van der Waals surface area contributed by atoms with Gasteiger partial charge in [0.25, 0.3) is 0 Å². The molecule has 1 heterocycles. The van der Waals surface area contributed by atoms with Crippen molar-refractivity contribution in [2.24, 2.45) is 0 Å². The summed E-state index contributed by atoms with van der Waals surface area (Å²) in [5.41, 5.74) is 1.20. The number of hydrogen-bond acceptors (Lipinski definition) is 1. The predicted molar refractivity (Wildman–Crippen MR) is 66.7 cm³/mol. The van der Waals surface area contributed by atoms with Gasteiger partial charge in [0, 0.05) is 0 Å². The number of likely N-dealkylation sites (tertiary alicyclic amines) is 1. The van der Waals surface area contributed by atoms with Crippen molar-refractivity contribution < 1.29 is 0 Å². The molecule has 15 heavy (non-hydrogen) atoms. The molecule has 0 unspecified atom stereocenters. The van der Waals surface area contributed by atoms with Crippen LogP contribution in [0.15, 0.2) is 24.3 Å². The summed E-state index contributed by atoms with van der Waals surface area (Å²) in [6.45, 7) is 2.32. The molecule has 1 aliphatic rings. The van der Waals surface area contributed by atoms with Crippen LogP contribution in [0.25, 0.3) is 0 Å². The molecule has 0 saturated carbocycles. The van der Waals surface area contributed by atoms with E-state index in [9.17, 15) is 0 Å². The van der Waals surface area contributed by atoms with Crippen LogP contribution in [0.2, 0.25) is 5.02 Å². The van der Waals surface area contributed by atoms with E-state index in [1.54, 1.807) is 0 Å². The first kappa shape index (κ1) is 11.2. The fraction of sp³-hybridized carbons (Fsp3) is 0.417. The van der Waals surface area contributed by atoms with Gasteiger partial charge in [-0.3, -0.25) is 0 Å². The molecule has 0 amide bonds. The zero-order valence-electron chi connectivity index (χ0n) is 8.58. The van der Waals surface area contributed by atoms with E-state index in [1.165, 1.54) is 29.4 Å². The molecular weight excluding hydrogens is 273 g/mol. The molecule has 3 heteroatoms. The Morgan fingerprint density at radius 1 is 1.20 bits per heavy atom. The van der Waals surface area contributed by atoms with Crippen molar-refractivity contribution in [2.75, 3.05) is 13.1 Å². The van der Waals surface area contributed by atoms with Crippen molar-refractivity contribution in [3.8, 4) is 0 Å². The number of hydrogen-bond donors (Lipinski definition) is 0. The normalized spacial score (nSPS) is 16.5. The molecule has 1 nitrogen and oxygen atoms in total. The number of rotatable bonds is 2. The van der Waals surface area contributed by atoms with Crippen LogP contribution in [0.3, 0.4) is 0 Å². The molecule has 2 rings (SSSR count). The number of benzene rings is 1. The fourth-order valence-corrected chi connectivity index (χ4v) is 2.74. The maximum atomic E-state index is 5.98. The molecule has 1 fully saturated rings. The van der Waals surface area contributed by atoms with Gasteiger partial charge in [0.2, 0.25) is 0 Å². The first-order valence-electron chi connectivity index (χ1n) is 5.32. The second kappa shape index (κ2) is 5.16. The van der Waals surface area contributed by atoms with Crippen molar-refractivity contribution in [2.45, 2.75) is 19.3 Å². The minimum atomic E-state index is 0.803. The second-order valence-electron chi connectivity index (χ2n) is 3.86. The average Bonchev–Trinajstić information content (AvgIpc) is 2.29. The molecule has 0 atom stereocenters. The van der Waals surface area contributed by atoms with Crippen LogP contribution in [0, 0.1) is 0 Å². The third kappa shape index (κ3) is 2.84. The van der Waals surface area contributed by atoms with Gasteiger partial charge in [-0.1, -0.05) is 0 Å². The van der Waals surface area contributed by atoms with Crippen LogP contribution in [0.1, 0.15) is 24.8 Å². The van der Waals surface area contributed by atoms with Gasteiger partial charge < -0.3 is 0 Å². The Morgan fingerprint density at radius 3 is 2.60 bits per heavy atom. The Morgan fingerprint density at radius 2 is 1.93 bits per heavy atom. The van der Waals surface area contributed by atoms with E-state index in [2.05, 4.69) is 26.5 Å². The standard InChI is InChI=1S/C12H14ClNSe/c13-11-6-4-5-10(9-11)12(15)14-7-2-1-3-8-14/h4-6,9H,1-3,7-8H2. The van der Waals surface area contributed by atoms with Crippen LogP contribution >= 0.6 is 11.6 Å². The van der Waals surface area contributed by atoms with Crippen molar-refractivity contribution >= 4 is 31.7 Å². The molecular formula is C12H14ClNSe. The average molecular weight is 287 g/mol. The van der Waals surface area contributed by atoms with Crippen molar-refractivity contribution in [3.05, 3.63) is 34.9 Å². The molecule has 0 N–H and O–H groups in total. The van der Waals surface area contributed by atoms with Gasteiger partial charge in [-0.2, -0.15) is 0 Å². The molecule has 80 valence electrons. The predicted octanol–water partition coefficient (Wildman–Crippen LogP) is 2.47. The summed E-state index contributed by atoms with van der Waals surface area (Å²) in [6, 6.07) is 8.03. The molecule has 1 saturated heterocycles. The summed E-state index contributed by atoms with van der Waals surface area (Å²) in [5.74, 6) is 0. The molecule has 0 spiro atoms. The zero-order valence-corrected chi connectivity index (χ0v) is 11.0. The molecule has 1 aliphatic heterocycles. The zero-order chi connectivity index (χ0) is 10.7. The van der Waals surface area contributed by atoms with Crippen LogP contribution in [0.4, 0.5) is 0 Å². The van der Waals surface area contributed by atoms with E-state index in [-0.39, 0.29) is 0 Å². The van der Waals surface area contributed by atoms with Crippen LogP contribution < -0.4 is 0 Å². The van der Waals surface area contributed by atoms with E-state index in [0.29, 0.717) is 0 Å². The van der Waals surface area contributed by atoms with Crippen LogP contribution in [0.5, 0.6) is 0 Å². The Bertz CT molecular complexity index is 358. The van der Waals surface area contributed by atoms with Crippen molar-refractivity contribution in [3.63, 3.8) is 0 Å². The van der Waals surface area contributed by atoms with Crippen molar-refractivity contribution in [1.82, 2.24) is 4.90 Å². The summed E-state index contributed by atoms with van der Waals surface area (Å²) in [5, 5.41) is 0.803. The topological polar surface area (TPSA) is 3.24 Å². The number of halogens is 1. The Hall–Kier alpha value is -0.301. The second-order valence-corrected chi connectivity index (χ2v) is 5.11. The monoisotopic (exact) mass is 287 g/mol. The summed E-state index contributed by atoms with van der Waals surface area (Å²) in [4.78, 5) is 2.41. The van der Waals surface area contributed by atoms with Crippen molar-refractivity contribution in [1.29, 1.82) is 0 Å². The Labute approximate surface area is 104 Å². The summed E-state index contributed by atoms with van der Waals surface area (Å²) < 4.78 is 1.23. The van der Waals surface area contributed by atoms with E-state index < -0.39 is 0 Å². The molecule has 0 bridgehead atoms. The first-order chi connectivity index (χ1) is 7.27. The van der Waals surface area contributed by atoms with E-state index >= 15 is 0 Å². The maximum absolute atomic E-state index is 5.98. The van der Waals surface area contributed by atoms with Gasteiger partial charge in [-0.25, -0.2) is 0 Å². The van der Waals surface area contributed by atoms with E-state index in [4.69, 9.17) is 11.6 Å². The molecule has 1 aromatic carbocycles. The van der Waals surface area contributed by atoms with Gasteiger partial charge in [0.15, 0.2) is 0 Å². The number of nitrogens with zero attached hydrogens (tertiary/aromatic N) is 1. The van der Waals surface area contributed by atoms with E-state index in [0.717, 1.165) is 18.1 Å². The van der Waals surface area contributed by atoms with Gasteiger partial charge in [0.1, 0.15) is 0 Å². The SMILES string of the molecule is Clc1cccc(C(=[Se])N2CCCCC2)c1. The van der Waals surface area contributed by atoms with E-state index in [1.807, 2.05) is 18.2 Å².